The minimum absolute atomic E-state index is 0.0171. The summed E-state index contributed by atoms with van der Waals surface area (Å²) in [6.45, 7) is 3.85. The lowest BCUT2D eigenvalue weighted by Gasteiger charge is -2.09. The molecular weight excluding hydrogens is 294 g/mol. The fraction of sp³-hybridized carbons (Fsp3) is 0.154. The Morgan fingerprint density at radius 3 is 2.45 bits per heavy atom. The third kappa shape index (κ3) is 3.50. The fourth-order valence-corrected chi connectivity index (χ4v) is 3.88. The molecule has 0 saturated heterocycles. The first-order valence-electron chi connectivity index (χ1n) is 5.81. The molecular formula is C13H15N3O2S2. The van der Waals surface area contributed by atoms with Crippen molar-refractivity contribution in [1.82, 2.24) is 4.98 Å². The number of benzene rings is 1. The van der Waals surface area contributed by atoms with E-state index in [4.69, 9.17) is 10.9 Å². The van der Waals surface area contributed by atoms with Crippen LogP contribution in [0.2, 0.25) is 0 Å². The van der Waals surface area contributed by atoms with Gasteiger partial charge in [0.2, 0.25) is 10.0 Å². The van der Waals surface area contributed by atoms with Gasteiger partial charge in [-0.05, 0) is 49.7 Å². The Kier molecular flexibility index (Phi) is 4.03. The van der Waals surface area contributed by atoms with E-state index in [0.29, 0.717) is 10.6 Å². The molecule has 0 bridgehead atoms. The molecule has 5 nitrogen and oxygen atoms in total. The van der Waals surface area contributed by atoms with Gasteiger partial charge in [-0.3, -0.25) is 0 Å². The molecule has 0 atom stereocenters. The zero-order chi connectivity index (χ0) is 14.9. The Morgan fingerprint density at radius 2 is 1.85 bits per heavy atom. The minimum Gasteiger partial charge on any atom is -0.399 e. The van der Waals surface area contributed by atoms with Crippen molar-refractivity contribution < 1.29 is 8.42 Å². The number of aryl methyl sites for hydroxylation is 2. The van der Waals surface area contributed by atoms with Crippen LogP contribution < -0.4 is 10.9 Å². The summed E-state index contributed by atoms with van der Waals surface area (Å²) in [5.41, 5.74) is 7.91. The number of hydrogen-bond donors (Lipinski definition) is 2. The third-order valence-corrected chi connectivity index (χ3v) is 4.64. The van der Waals surface area contributed by atoms with Crippen LogP contribution in [0.4, 0.5) is 5.69 Å². The number of anilines is 1. The van der Waals surface area contributed by atoms with Gasteiger partial charge < -0.3 is 5.73 Å². The lowest BCUT2D eigenvalue weighted by atomic mass is 10.3. The number of nitrogens with zero attached hydrogens (tertiary/aromatic N) is 1. The molecule has 0 amide bonds. The average molecular weight is 309 g/mol. The largest absolute Gasteiger partial charge is 0.399 e. The number of nitrogens with two attached hydrogens (primary N) is 2. The standard InChI is InChI=1S/C13H15N3O2S2/c1-8-5-9(2)16-13(6-8)19-11-4-3-10(14)7-12(11)20(15,17)18/h3-7H,14H2,1-2H3,(H2,15,17,18). The minimum atomic E-state index is -3.82. The van der Waals surface area contributed by atoms with E-state index in [1.165, 1.54) is 17.8 Å². The average Bonchev–Trinajstić information content (AvgIpc) is 2.28. The van der Waals surface area contributed by atoms with Gasteiger partial charge in [-0.15, -0.1) is 0 Å². The molecule has 7 heteroatoms. The molecule has 0 saturated carbocycles. The molecule has 0 aliphatic carbocycles. The SMILES string of the molecule is Cc1cc(C)nc(Sc2ccc(N)cc2S(N)(=O)=O)c1. The van der Waals surface area contributed by atoms with E-state index in [1.807, 2.05) is 26.0 Å². The molecule has 1 aromatic heterocycles. The van der Waals surface area contributed by atoms with E-state index >= 15 is 0 Å². The Bertz CT molecular complexity index is 738. The molecule has 106 valence electrons. The molecule has 0 fully saturated rings. The Hall–Kier alpha value is -1.57. The van der Waals surface area contributed by atoms with Gasteiger partial charge >= 0.3 is 0 Å². The van der Waals surface area contributed by atoms with E-state index in [1.54, 1.807) is 12.1 Å². The maximum Gasteiger partial charge on any atom is 0.239 e. The van der Waals surface area contributed by atoms with Crippen LogP contribution in [0, 0.1) is 13.8 Å². The number of hydrogen-bond acceptors (Lipinski definition) is 5. The normalized spacial score (nSPS) is 11.6. The number of aromatic nitrogens is 1. The quantitative estimate of drug-likeness (QED) is 0.846. The number of rotatable bonds is 3. The van der Waals surface area contributed by atoms with Gasteiger partial charge in [0.25, 0.3) is 0 Å². The van der Waals surface area contributed by atoms with Crippen molar-refractivity contribution in [2.75, 3.05) is 5.73 Å². The maximum absolute atomic E-state index is 11.6. The predicted octanol–water partition coefficient (Wildman–Crippen LogP) is 2.08. The van der Waals surface area contributed by atoms with Crippen LogP contribution in [0.15, 0.2) is 45.1 Å². The molecule has 20 heavy (non-hydrogen) atoms. The molecule has 2 rings (SSSR count). The second-order valence-corrected chi connectivity index (χ2v) is 7.07. The molecule has 1 aromatic carbocycles. The maximum atomic E-state index is 11.6. The Balaban J connectivity index is 2.48. The summed E-state index contributed by atoms with van der Waals surface area (Å²) in [4.78, 5) is 4.90. The Labute approximate surface area is 122 Å². The van der Waals surface area contributed by atoms with Crippen molar-refractivity contribution >= 4 is 27.5 Å². The lowest BCUT2D eigenvalue weighted by molar-refractivity contribution is 0.596. The Morgan fingerprint density at radius 1 is 1.15 bits per heavy atom. The third-order valence-electron chi connectivity index (χ3n) is 2.56. The van der Waals surface area contributed by atoms with Gasteiger partial charge in [0.1, 0.15) is 5.03 Å². The highest BCUT2D eigenvalue weighted by molar-refractivity contribution is 8.00. The lowest BCUT2D eigenvalue weighted by Crippen LogP contribution is -2.13. The van der Waals surface area contributed by atoms with Crippen LogP contribution in [-0.4, -0.2) is 13.4 Å². The summed E-state index contributed by atoms with van der Waals surface area (Å²) in [6.07, 6.45) is 0. The van der Waals surface area contributed by atoms with Crippen LogP contribution in [0.25, 0.3) is 0 Å². The van der Waals surface area contributed by atoms with Gasteiger partial charge in [-0.25, -0.2) is 18.5 Å². The van der Waals surface area contributed by atoms with E-state index in [-0.39, 0.29) is 4.90 Å². The van der Waals surface area contributed by atoms with E-state index in [9.17, 15) is 8.42 Å². The molecule has 0 spiro atoms. The predicted molar refractivity (Wildman–Crippen MR) is 80.1 cm³/mol. The molecule has 0 unspecified atom stereocenters. The summed E-state index contributed by atoms with van der Waals surface area (Å²) in [5, 5.41) is 5.94. The van der Waals surface area contributed by atoms with Crippen LogP contribution in [-0.2, 0) is 10.0 Å². The summed E-state index contributed by atoms with van der Waals surface area (Å²) >= 11 is 1.25. The van der Waals surface area contributed by atoms with Crippen LogP contribution in [0.3, 0.4) is 0 Å². The van der Waals surface area contributed by atoms with Crippen molar-refractivity contribution in [1.29, 1.82) is 0 Å². The zero-order valence-electron chi connectivity index (χ0n) is 11.1. The van der Waals surface area contributed by atoms with Gasteiger partial charge in [-0.2, -0.15) is 0 Å². The molecule has 2 aromatic rings. The molecule has 1 heterocycles. The highest BCUT2D eigenvalue weighted by Crippen LogP contribution is 2.33. The van der Waals surface area contributed by atoms with E-state index < -0.39 is 10.0 Å². The first-order valence-corrected chi connectivity index (χ1v) is 8.17. The highest BCUT2D eigenvalue weighted by atomic mass is 32.2. The van der Waals surface area contributed by atoms with E-state index in [0.717, 1.165) is 16.3 Å². The van der Waals surface area contributed by atoms with E-state index in [2.05, 4.69) is 4.98 Å². The molecule has 0 aliphatic heterocycles. The van der Waals surface area contributed by atoms with Crippen molar-refractivity contribution in [2.45, 2.75) is 28.7 Å². The van der Waals surface area contributed by atoms with Crippen LogP contribution in [0.5, 0.6) is 0 Å². The van der Waals surface area contributed by atoms with Gasteiger partial charge in [-0.1, -0.05) is 11.8 Å². The highest BCUT2D eigenvalue weighted by Gasteiger charge is 2.16. The summed E-state index contributed by atoms with van der Waals surface area (Å²) in [6, 6.07) is 8.48. The van der Waals surface area contributed by atoms with Gasteiger partial charge in [0.05, 0.1) is 4.90 Å². The van der Waals surface area contributed by atoms with Crippen molar-refractivity contribution in [2.24, 2.45) is 5.14 Å². The fourth-order valence-electron chi connectivity index (χ4n) is 1.80. The smallest absolute Gasteiger partial charge is 0.239 e. The first-order chi connectivity index (χ1) is 9.25. The monoisotopic (exact) mass is 309 g/mol. The number of nitrogen functional groups attached to an aromatic ring is 1. The molecule has 4 N–H and O–H groups in total. The van der Waals surface area contributed by atoms with Crippen LogP contribution in [0.1, 0.15) is 11.3 Å². The topological polar surface area (TPSA) is 99.1 Å². The summed E-state index contributed by atoms with van der Waals surface area (Å²) < 4.78 is 23.2. The second-order valence-electron chi connectivity index (χ2n) is 4.48. The molecule has 0 aliphatic rings. The number of sulfonamides is 1. The second kappa shape index (κ2) is 5.43. The van der Waals surface area contributed by atoms with Gasteiger partial charge in [0.15, 0.2) is 0 Å². The van der Waals surface area contributed by atoms with Crippen molar-refractivity contribution in [3.8, 4) is 0 Å². The zero-order valence-corrected chi connectivity index (χ0v) is 12.8. The van der Waals surface area contributed by atoms with Crippen molar-refractivity contribution in [3.05, 3.63) is 41.6 Å². The first kappa shape index (κ1) is 14.8. The van der Waals surface area contributed by atoms with Gasteiger partial charge in [0, 0.05) is 16.3 Å². The van der Waals surface area contributed by atoms with Crippen LogP contribution >= 0.6 is 11.8 Å². The van der Waals surface area contributed by atoms with Crippen molar-refractivity contribution in [3.63, 3.8) is 0 Å². The number of primary sulfonamides is 1. The molecule has 0 radical (unpaired) electrons. The number of pyridine rings is 1. The summed E-state index contributed by atoms with van der Waals surface area (Å²) in [7, 11) is -3.82. The summed E-state index contributed by atoms with van der Waals surface area (Å²) in [5.74, 6) is 0.